The summed E-state index contributed by atoms with van der Waals surface area (Å²) < 4.78 is 0.236. The van der Waals surface area contributed by atoms with Crippen molar-refractivity contribution in [1.82, 2.24) is 0 Å². The predicted octanol–water partition coefficient (Wildman–Crippen LogP) is 3.25. The van der Waals surface area contributed by atoms with Crippen LogP contribution in [0.25, 0.3) is 0 Å². The fraction of sp³-hybridized carbons (Fsp3) is 0.857. The number of thioether (sulfide) groups is 2. The molecule has 0 aliphatic heterocycles. The molecule has 0 fully saturated rings. The maximum Gasteiger partial charge on any atom is 0.245 e. The van der Waals surface area contributed by atoms with Crippen molar-refractivity contribution < 1.29 is 4.79 Å². The quantitative estimate of drug-likeness (QED) is 0.660. The number of hydrogen-bond acceptors (Lipinski definition) is 3. The van der Waals surface area contributed by atoms with E-state index < -0.39 is 0 Å². The van der Waals surface area contributed by atoms with Crippen LogP contribution in [0.1, 0.15) is 20.3 Å². The van der Waals surface area contributed by atoms with Crippen molar-refractivity contribution in [3.63, 3.8) is 0 Å². The molecule has 0 aromatic rings. The molecule has 0 bridgehead atoms. The van der Waals surface area contributed by atoms with E-state index in [1.54, 1.807) is 0 Å². The standard InChI is InChI=1S/C7H14OS2/c1-4-6(2)5-10-7(8)9-3/h6H,4-5H2,1-3H3. The Labute approximate surface area is 71.3 Å². The topological polar surface area (TPSA) is 17.1 Å². The first kappa shape index (κ1) is 10.4. The molecular weight excluding hydrogens is 164 g/mol. The lowest BCUT2D eigenvalue weighted by Crippen LogP contribution is -1.96. The third-order valence-corrected chi connectivity index (χ3v) is 3.51. The van der Waals surface area contributed by atoms with E-state index in [1.807, 2.05) is 6.26 Å². The Hall–Kier alpha value is 0.370. The monoisotopic (exact) mass is 178 g/mol. The van der Waals surface area contributed by atoms with Crippen molar-refractivity contribution in [2.24, 2.45) is 5.92 Å². The summed E-state index contributed by atoms with van der Waals surface area (Å²) in [6.07, 6.45) is 2.99. The van der Waals surface area contributed by atoms with Crippen LogP contribution in [0.2, 0.25) is 0 Å². The SMILES string of the molecule is CCC(C)CSC(=O)SC. The predicted molar refractivity (Wildman–Crippen MR) is 50.8 cm³/mol. The van der Waals surface area contributed by atoms with E-state index in [1.165, 1.54) is 23.5 Å². The van der Waals surface area contributed by atoms with Crippen LogP contribution in [0.5, 0.6) is 0 Å². The van der Waals surface area contributed by atoms with E-state index in [9.17, 15) is 4.79 Å². The van der Waals surface area contributed by atoms with Crippen LogP contribution < -0.4 is 0 Å². The van der Waals surface area contributed by atoms with Gasteiger partial charge in [-0.2, -0.15) is 0 Å². The summed E-state index contributed by atoms with van der Waals surface area (Å²) in [5.41, 5.74) is 0. The largest absolute Gasteiger partial charge is 0.274 e. The molecule has 0 radical (unpaired) electrons. The second-order valence-electron chi connectivity index (χ2n) is 2.28. The van der Waals surface area contributed by atoms with Gasteiger partial charge in [0.15, 0.2) is 0 Å². The molecule has 60 valence electrons. The zero-order valence-corrected chi connectivity index (χ0v) is 8.35. The van der Waals surface area contributed by atoms with E-state index in [-0.39, 0.29) is 4.45 Å². The van der Waals surface area contributed by atoms with Gasteiger partial charge in [-0.1, -0.05) is 43.8 Å². The fourth-order valence-electron chi connectivity index (χ4n) is 0.387. The highest BCUT2D eigenvalue weighted by Gasteiger charge is 2.03. The maximum atomic E-state index is 10.8. The molecular formula is C7H14OS2. The number of carbonyl (C=O) groups excluding carboxylic acids is 1. The van der Waals surface area contributed by atoms with Crippen LogP contribution in [-0.4, -0.2) is 16.5 Å². The Balaban J connectivity index is 3.26. The lowest BCUT2D eigenvalue weighted by molar-refractivity contribution is 0.276. The Kier molecular flexibility index (Phi) is 6.33. The van der Waals surface area contributed by atoms with Gasteiger partial charge < -0.3 is 0 Å². The van der Waals surface area contributed by atoms with Crippen molar-refractivity contribution in [2.75, 3.05) is 12.0 Å². The van der Waals surface area contributed by atoms with Gasteiger partial charge in [-0.05, 0) is 12.2 Å². The summed E-state index contributed by atoms with van der Waals surface area (Å²) in [6, 6.07) is 0. The summed E-state index contributed by atoms with van der Waals surface area (Å²) in [6.45, 7) is 4.31. The molecule has 0 spiro atoms. The minimum absolute atomic E-state index is 0.236. The van der Waals surface area contributed by atoms with Crippen LogP contribution in [0.3, 0.4) is 0 Å². The first-order valence-corrected chi connectivity index (χ1v) is 5.62. The number of rotatable bonds is 3. The van der Waals surface area contributed by atoms with Gasteiger partial charge >= 0.3 is 0 Å². The average Bonchev–Trinajstić information content (AvgIpc) is 1.99. The van der Waals surface area contributed by atoms with Crippen LogP contribution in [-0.2, 0) is 0 Å². The minimum Gasteiger partial charge on any atom is -0.274 e. The molecule has 0 aliphatic carbocycles. The Morgan fingerprint density at radius 1 is 1.60 bits per heavy atom. The van der Waals surface area contributed by atoms with Gasteiger partial charge in [0.1, 0.15) is 0 Å². The van der Waals surface area contributed by atoms with Crippen molar-refractivity contribution in [1.29, 1.82) is 0 Å². The summed E-state index contributed by atoms with van der Waals surface area (Å²) in [7, 11) is 0. The van der Waals surface area contributed by atoms with Gasteiger partial charge in [-0.3, -0.25) is 4.79 Å². The van der Waals surface area contributed by atoms with E-state index in [0.717, 1.165) is 12.2 Å². The van der Waals surface area contributed by atoms with Gasteiger partial charge in [0.05, 0.1) is 0 Å². The van der Waals surface area contributed by atoms with Crippen molar-refractivity contribution in [3.05, 3.63) is 0 Å². The zero-order valence-electron chi connectivity index (χ0n) is 6.72. The smallest absolute Gasteiger partial charge is 0.245 e. The molecule has 1 atom stereocenters. The summed E-state index contributed by atoms with van der Waals surface area (Å²) in [5.74, 6) is 1.64. The average molecular weight is 178 g/mol. The molecule has 0 rings (SSSR count). The second kappa shape index (κ2) is 6.10. The van der Waals surface area contributed by atoms with Gasteiger partial charge in [-0.15, -0.1) is 0 Å². The van der Waals surface area contributed by atoms with Crippen LogP contribution in [0, 0.1) is 5.92 Å². The Morgan fingerprint density at radius 3 is 2.60 bits per heavy atom. The minimum atomic E-state index is 0.236. The molecule has 0 aromatic heterocycles. The van der Waals surface area contributed by atoms with Crippen molar-refractivity contribution >= 4 is 28.0 Å². The number of hydrogen-bond donors (Lipinski definition) is 0. The molecule has 10 heavy (non-hydrogen) atoms. The molecule has 1 unspecified atom stereocenters. The molecule has 0 amide bonds. The van der Waals surface area contributed by atoms with Crippen LogP contribution in [0.4, 0.5) is 4.79 Å². The lowest BCUT2D eigenvalue weighted by atomic mass is 10.2. The normalized spacial score (nSPS) is 13.1. The molecule has 0 saturated carbocycles. The Morgan fingerprint density at radius 2 is 2.20 bits per heavy atom. The fourth-order valence-corrected chi connectivity index (χ4v) is 1.72. The maximum absolute atomic E-state index is 10.8. The first-order valence-electron chi connectivity index (χ1n) is 3.41. The third-order valence-electron chi connectivity index (χ3n) is 1.35. The molecule has 0 N–H and O–H groups in total. The summed E-state index contributed by atoms with van der Waals surface area (Å²) in [5, 5.41) is 0. The molecule has 0 aliphatic rings. The molecule has 1 nitrogen and oxygen atoms in total. The summed E-state index contributed by atoms with van der Waals surface area (Å²) >= 11 is 2.73. The number of carbonyl (C=O) groups is 1. The van der Waals surface area contributed by atoms with Gasteiger partial charge in [0, 0.05) is 5.75 Å². The molecule has 0 saturated heterocycles. The third kappa shape index (κ3) is 5.18. The van der Waals surface area contributed by atoms with E-state index >= 15 is 0 Å². The Bertz CT molecular complexity index is 104. The summed E-state index contributed by atoms with van der Waals surface area (Å²) in [4.78, 5) is 10.8. The first-order chi connectivity index (χ1) is 4.70. The molecule has 0 heterocycles. The van der Waals surface area contributed by atoms with E-state index in [4.69, 9.17) is 0 Å². The van der Waals surface area contributed by atoms with Gasteiger partial charge in [0.25, 0.3) is 0 Å². The van der Waals surface area contributed by atoms with E-state index in [2.05, 4.69) is 13.8 Å². The molecule has 0 aromatic carbocycles. The lowest BCUT2D eigenvalue weighted by Gasteiger charge is -2.04. The van der Waals surface area contributed by atoms with Gasteiger partial charge in [-0.25, -0.2) is 0 Å². The molecule has 3 heteroatoms. The highest BCUT2D eigenvalue weighted by Crippen LogP contribution is 2.18. The van der Waals surface area contributed by atoms with Gasteiger partial charge in [0.2, 0.25) is 4.45 Å². The van der Waals surface area contributed by atoms with E-state index in [0.29, 0.717) is 5.92 Å². The van der Waals surface area contributed by atoms with Crippen molar-refractivity contribution in [3.8, 4) is 0 Å². The van der Waals surface area contributed by atoms with Crippen LogP contribution in [0.15, 0.2) is 0 Å². The van der Waals surface area contributed by atoms with Crippen LogP contribution >= 0.6 is 23.5 Å². The van der Waals surface area contributed by atoms with Crippen molar-refractivity contribution in [2.45, 2.75) is 20.3 Å². The highest BCUT2D eigenvalue weighted by atomic mass is 32.2. The zero-order chi connectivity index (χ0) is 7.98. The second-order valence-corrected chi connectivity index (χ2v) is 4.31. The highest BCUT2D eigenvalue weighted by molar-refractivity contribution is 8.38.